The number of halogens is 4. The van der Waals surface area contributed by atoms with Gasteiger partial charge in [-0.15, -0.1) is 0 Å². The van der Waals surface area contributed by atoms with Crippen LogP contribution in [0.15, 0.2) is 42.5 Å². The van der Waals surface area contributed by atoms with Crippen LogP contribution < -0.4 is 16.0 Å². The molecule has 0 unspecified atom stereocenters. The fraction of sp³-hybridized carbons (Fsp3) is 0.536. The lowest BCUT2D eigenvalue weighted by atomic mass is 9.78. The number of nitrogens with one attached hydrogen (secondary N) is 1. The minimum atomic E-state index is -4.48. The molecule has 1 amide bonds. The Morgan fingerprint density at radius 3 is 2.30 bits per heavy atom. The third-order valence-electron chi connectivity index (χ3n) is 8.03. The number of hydrogen-bond donors (Lipinski definition) is 2. The molecule has 1 aliphatic carbocycles. The standard InChI is InChI=1S/C28H36F4N4O/c1-27(13-15-36(16-14-27)23-10-5-20(29)6-11-23)26(37)35(2)18-19-3-7-21(8-4-19)34-22-9-12-25(33)24(17-22)28(30,31)32/h5-6,9-12,17,19,21,34H,3-4,7-8,13-16,18,33H2,1-2H3. The Morgan fingerprint density at radius 2 is 1.70 bits per heavy atom. The van der Waals surface area contributed by atoms with E-state index in [1.807, 2.05) is 18.9 Å². The summed E-state index contributed by atoms with van der Waals surface area (Å²) in [6.07, 6.45) is 0.490. The van der Waals surface area contributed by atoms with Crippen molar-refractivity contribution >= 4 is 23.0 Å². The van der Waals surface area contributed by atoms with E-state index in [0.29, 0.717) is 18.2 Å². The van der Waals surface area contributed by atoms with Gasteiger partial charge in [0.25, 0.3) is 0 Å². The number of benzene rings is 2. The summed E-state index contributed by atoms with van der Waals surface area (Å²) in [5.41, 5.74) is 5.40. The number of piperidine rings is 1. The van der Waals surface area contributed by atoms with Crippen LogP contribution in [-0.4, -0.2) is 43.5 Å². The van der Waals surface area contributed by atoms with Crippen LogP contribution in [0.1, 0.15) is 51.0 Å². The van der Waals surface area contributed by atoms with Crippen molar-refractivity contribution in [2.24, 2.45) is 11.3 Å². The van der Waals surface area contributed by atoms with Crippen LogP contribution in [0.3, 0.4) is 0 Å². The molecule has 0 aromatic heterocycles. The van der Waals surface area contributed by atoms with Gasteiger partial charge in [0.05, 0.1) is 5.56 Å². The molecule has 2 aromatic carbocycles. The van der Waals surface area contributed by atoms with Crippen molar-refractivity contribution in [1.29, 1.82) is 0 Å². The molecule has 2 aromatic rings. The highest BCUT2D eigenvalue weighted by Crippen LogP contribution is 2.37. The molecule has 9 heteroatoms. The van der Waals surface area contributed by atoms with E-state index in [1.165, 1.54) is 18.2 Å². The fourth-order valence-electron chi connectivity index (χ4n) is 5.67. The molecule has 2 aliphatic rings. The van der Waals surface area contributed by atoms with Gasteiger partial charge < -0.3 is 20.9 Å². The van der Waals surface area contributed by atoms with Crippen LogP contribution in [0.4, 0.5) is 34.6 Å². The van der Waals surface area contributed by atoms with E-state index in [0.717, 1.165) is 63.4 Å². The molecule has 0 radical (unpaired) electrons. The van der Waals surface area contributed by atoms with Crippen LogP contribution in [0.25, 0.3) is 0 Å². The zero-order valence-electron chi connectivity index (χ0n) is 21.5. The van der Waals surface area contributed by atoms with Crippen molar-refractivity contribution in [2.75, 3.05) is 42.6 Å². The molecule has 0 atom stereocenters. The van der Waals surface area contributed by atoms with Crippen LogP contribution in [-0.2, 0) is 11.0 Å². The normalized spacial score (nSPS) is 21.9. The second-order valence-corrected chi connectivity index (χ2v) is 10.9. The molecule has 37 heavy (non-hydrogen) atoms. The molecule has 4 rings (SSSR count). The number of anilines is 3. The maximum atomic E-state index is 13.4. The Kier molecular flexibility index (Phi) is 7.90. The number of amides is 1. The smallest absolute Gasteiger partial charge is 0.398 e. The van der Waals surface area contributed by atoms with E-state index < -0.39 is 17.2 Å². The largest absolute Gasteiger partial charge is 0.418 e. The lowest BCUT2D eigenvalue weighted by Crippen LogP contribution is -2.49. The molecule has 1 saturated carbocycles. The van der Waals surface area contributed by atoms with E-state index in [9.17, 15) is 22.4 Å². The second-order valence-electron chi connectivity index (χ2n) is 10.9. The van der Waals surface area contributed by atoms with Crippen molar-refractivity contribution in [2.45, 2.75) is 57.7 Å². The van der Waals surface area contributed by atoms with Crippen LogP contribution >= 0.6 is 0 Å². The zero-order valence-corrected chi connectivity index (χ0v) is 21.5. The molecule has 0 spiro atoms. The number of hydrogen-bond acceptors (Lipinski definition) is 4. The minimum Gasteiger partial charge on any atom is -0.398 e. The van der Waals surface area contributed by atoms with Crippen LogP contribution in [0.5, 0.6) is 0 Å². The average Bonchev–Trinajstić information content (AvgIpc) is 2.86. The van der Waals surface area contributed by atoms with Gasteiger partial charge in [0.1, 0.15) is 5.82 Å². The minimum absolute atomic E-state index is 0.0928. The molecule has 1 saturated heterocycles. The van der Waals surface area contributed by atoms with Gasteiger partial charge in [0.15, 0.2) is 0 Å². The van der Waals surface area contributed by atoms with Gasteiger partial charge in [0, 0.05) is 55.2 Å². The summed E-state index contributed by atoms with van der Waals surface area (Å²) in [5.74, 6) is 0.271. The number of nitrogens with two attached hydrogens (primary N) is 1. The lowest BCUT2D eigenvalue weighted by molar-refractivity contribution is -0.141. The molecule has 0 bridgehead atoms. The Morgan fingerprint density at radius 1 is 1.08 bits per heavy atom. The van der Waals surface area contributed by atoms with Gasteiger partial charge in [0.2, 0.25) is 5.91 Å². The monoisotopic (exact) mass is 520 g/mol. The lowest BCUT2D eigenvalue weighted by Gasteiger charge is -2.42. The maximum absolute atomic E-state index is 13.4. The van der Waals surface area contributed by atoms with E-state index >= 15 is 0 Å². The zero-order chi connectivity index (χ0) is 26.8. The van der Waals surface area contributed by atoms with Crippen LogP contribution in [0, 0.1) is 17.2 Å². The summed E-state index contributed by atoms with van der Waals surface area (Å²) in [7, 11) is 1.87. The first-order chi connectivity index (χ1) is 17.4. The molecule has 202 valence electrons. The van der Waals surface area contributed by atoms with Crippen molar-refractivity contribution in [3.8, 4) is 0 Å². The first kappa shape index (κ1) is 27.1. The second kappa shape index (κ2) is 10.8. The summed E-state index contributed by atoms with van der Waals surface area (Å²) in [6, 6.07) is 10.5. The van der Waals surface area contributed by atoms with E-state index in [2.05, 4.69) is 10.2 Å². The van der Waals surface area contributed by atoms with Gasteiger partial charge in [-0.2, -0.15) is 13.2 Å². The Labute approximate surface area is 216 Å². The molecule has 5 nitrogen and oxygen atoms in total. The molecular formula is C28H36F4N4O. The van der Waals surface area contributed by atoms with Gasteiger partial charge in [-0.05, 0) is 86.9 Å². The first-order valence-electron chi connectivity index (χ1n) is 12.9. The number of nitrogens with zero attached hydrogens (tertiary/aromatic N) is 2. The summed E-state index contributed by atoms with van der Waals surface area (Å²) in [5, 5.41) is 3.23. The van der Waals surface area contributed by atoms with Gasteiger partial charge in [-0.3, -0.25) is 4.79 Å². The molecule has 2 fully saturated rings. The van der Waals surface area contributed by atoms with E-state index in [1.54, 1.807) is 18.2 Å². The number of carbonyl (C=O) groups excluding carboxylic acids is 1. The quantitative estimate of drug-likeness (QED) is 0.354. The highest BCUT2D eigenvalue weighted by molar-refractivity contribution is 5.82. The third-order valence-corrected chi connectivity index (χ3v) is 8.03. The SMILES string of the molecule is CN(CC1CCC(Nc2ccc(N)c(C(F)(F)F)c2)CC1)C(=O)C1(C)CCN(c2ccc(F)cc2)CC1. The van der Waals surface area contributed by atoms with E-state index in [4.69, 9.17) is 5.73 Å². The number of rotatable bonds is 6. The van der Waals surface area contributed by atoms with Crippen molar-refractivity contribution in [1.82, 2.24) is 4.90 Å². The van der Waals surface area contributed by atoms with E-state index in [-0.39, 0.29) is 23.5 Å². The van der Waals surface area contributed by atoms with Crippen molar-refractivity contribution in [3.05, 3.63) is 53.8 Å². The summed E-state index contributed by atoms with van der Waals surface area (Å²) < 4.78 is 52.7. The predicted molar refractivity (Wildman–Crippen MR) is 139 cm³/mol. The Hall–Kier alpha value is -2.97. The highest BCUT2D eigenvalue weighted by Gasteiger charge is 2.39. The summed E-state index contributed by atoms with van der Waals surface area (Å²) in [4.78, 5) is 17.4. The molecule has 3 N–H and O–H groups in total. The molecular weight excluding hydrogens is 484 g/mol. The fourth-order valence-corrected chi connectivity index (χ4v) is 5.67. The summed E-state index contributed by atoms with van der Waals surface area (Å²) >= 11 is 0. The average molecular weight is 521 g/mol. The topological polar surface area (TPSA) is 61.6 Å². The highest BCUT2D eigenvalue weighted by atomic mass is 19.4. The van der Waals surface area contributed by atoms with Gasteiger partial charge >= 0.3 is 6.18 Å². The first-order valence-corrected chi connectivity index (χ1v) is 12.9. The Balaban J connectivity index is 1.25. The molecule has 1 heterocycles. The third kappa shape index (κ3) is 6.48. The van der Waals surface area contributed by atoms with Gasteiger partial charge in [-0.1, -0.05) is 6.92 Å². The predicted octanol–water partition coefficient (Wildman–Crippen LogP) is 6.16. The van der Waals surface area contributed by atoms with Crippen LogP contribution in [0.2, 0.25) is 0 Å². The Bertz CT molecular complexity index is 1070. The number of carbonyl (C=O) groups is 1. The van der Waals surface area contributed by atoms with Crippen molar-refractivity contribution < 1.29 is 22.4 Å². The van der Waals surface area contributed by atoms with Crippen molar-refractivity contribution in [3.63, 3.8) is 0 Å². The summed E-state index contributed by atoms with van der Waals surface area (Å²) in [6.45, 7) is 4.22. The number of alkyl halides is 3. The maximum Gasteiger partial charge on any atom is 0.418 e. The van der Waals surface area contributed by atoms with Gasteiger partial charge in [-0.25, -0.2) is 4.39 Å². The number of nitrogen functional groups attached to an aromatic ring is 1. The molecule has 1 aliphatic heterocycles.